The van der Waals surface area contributed by atoms with Crippen molar-refractivity contribution in [2.75, 3.05) is 23.7 Å². The molecule has 0 spiro atoms. The number of nitrogens with one attached hydrogen (secondary N) is 2. The lowest BCUT2D eigenvalue weighted by atomic mass is 10.2. The second-order valence-electron chi connectivity index (χ2n) is 4.86. The Morgan fingerprint density at radius 1 is 1.26 bits per heavy atom. The van der Waals surface area contributed by atoms with E-state index in [2.05, 4.69) is 25.7 Å². The van der Waals surface area contributed by atoms with E-state index in [1.54, 1.807) is 23.0 Å². The molecule has 0 amide bonds. The predicted molar refractivity (Wildman–Crippen MR) is 84.4 cm³/mol. The van der Waals surface area contributed by atoms with Crippen molar-refractivity contribution >= 4 is 22.5 Å². The maximum Gasteiger partial charge on any atom is 0.163 e. The zero-order valence-corrected chi connectivity index (χ0v) is 12.4. The van der Waals surface area contributed by atoms with Gasteiger partial charge >= 0.3 is 0 Å². The van der Waals surface area contributed by atoms with E-state index in [0.29, 0.717) is 24.6 Å². The fourth-order valence-electron chi connectivity index (χ4n) is 2.27. The number of nitriles is 1. The van der Waals surface area contributed by atoms with Crippen LogP contribution in [-0.4, -0.2) is 32.8 Å². The SMILES string of the molecule is Cn1ncc2c(NCCNc3cccc(F)c3C#N)ncnc21. The molecule has 8 heteroatoms. The molecule has 0 atom stereocenters. The molecule has 3 aromatic rings. The van der Waals surface area contributed by atoms with E-state index in [-0.39, 0.29) is 5.56 Å². The number of hydrogen-bond acceptors (Lipinski definition) is 6. The van der Waals surface area contributed by atoms with Gasteiger partial charge in [0.05, 0.1) is 17.3 Å². The zero-order chi connectivity index (χ0) is 16.2. The van der Waals surface area contributed by atoms with Crippen molar-refractivity contribution < 1.29 is 4.39 Å². The van der Waals surface area contributed by atoms with Gasteiger partial charge in [-0.05, 0) is 12.1 Å². The normalized spacial score (nSPS) is 10.5. The molecule has 2 heterocycles. The van der Waals surface area contributed by atoms with Gasteiger partial charge in [0.25, 0.3) is 0 Å². The van der Waals surface area contributed by atoms with Crippen LogP contribution in [0.3, 0.4) is 0 Å². The van der Waals surface area contributed by atoms with Crippen LogP contribution in [0.1, 0.15) is 5.56 Å². The summed E-state index contributed by atoms with van der Waals surface area (Å²) in [5.41, 5.74) is 1.24. The standard InChI is InChI=1S/C15H14FN7/c1-23-15-11(8-22-23)14(20-9-21-15)19-6-5-18-13-4-2-3-12(16)10(13)7-17/h2-4,8-9,18H,5-6H2,1H3,(H,19,20,21). The van der Waals surface area contributed by atoms with E-state index < -0.39 is 5.82 Å². The molecule has 23 heavy (non-hydrogen) atoms. The number of hydrogen-bond donors (Lipinski definition) is 2. The first kappa shape index (κ1) is 14.7. The van der Waals surface area contributed by atoms with Crippen molar-refractivity contribution in [2.24, 2.45) is 7.05 Å². The van der Waals surface area contributed by atoms with E-state index >= 15 is 0 Å². The largest absolute Gasteiger partial charge is 0.382 e. The number of halogens is 1. The highest BCUT2D eigenvalue weighted by molar-refractivity contribution is 5.85. The third-order valence-corrected chi connectivity index (χ3v) is 3.39. The Bertz CT molecular complexity index is 881. The molecule has 7 nitrogen and oxygen atoms in total. The summed E-state index contributed by atoms with van der Waals surface area (Å²) in [5.74, 6) is 0.156. The average molecular weight is 311 g/mol. The number of aromatic nitrogens is 4. The monoisotopic (exact) mass is 311 g/mol. The summed E-state index contributed by atoms with van der Waals surface area (Å²) in [7, 11) is 1.81. The van der Waals surface area contributed by atoms with Gasteiger partial charge in [-0.25, -0.2) is 14.4 Å². The fraction of sp³-hybridized carbons (Fsp3) is 0.200. The Morgan fingerprint density at radius 3 is 2.91 bits per heavy atom. The van der Waals surface area contributed by atoms with E-state index in [0.717, 1.165) is 11.0 Å². The number of fused-ring (bicyclic) bond motifs is 1. The van der Waals surface area contributed by atoms with Crippen LogP contribution in [0, 0.1) is 17.1 Å². The first-order chi connectivity index (χ1) is 11.2. The average Bonchev–Trinajstić information content (AvgIpc) is 2.94. The zero-order valence-electron chi connectivity index (χ0n) is 12.4. The van der Waals surface area contributed by atoms with Crippen LogP contribution in [0.2, 0.25) is 0 Å². The Morgan fingerprint density at radius 2 is 2.09 bits per heavy atom. The van der Waals surface area contributed by atoms with Gasteiger partial charge in [0.2, 0.25) is 0 Å². The molecular formula is C15H14FN7. The molecule has 0 aliphatic rings. The van der Waals surface area contributed by atoms with Crippen LogP contribution in [0.4, 0.5) is 15.9 Å². The molecule has 0 bridgehead atoms. The van der Waals surface area contributed by atoms with Crippen molar-refractivity contribution in [1.29, 1.82) is 5.26 Å². The molecule has 0 saturated carbocycles. The second kappa shape index (κ2) is 6.27. The molecule has 0 radical (unpaired) electrons. The number of aryl methyl sites for hydroxylation is 1. The lowest BCUT2D eigenvalue weighted by molar-refractivity contribution is 0.624. The Balaban J connectivity index is 1.64. The van der Waals surface area contributed by atoms with E-state index in [1.165, 1.54) is 12.4 Å². The van der Waals surface area contributed by atoms with Crippen LogP contribution in [0.5, 0.6) is 0 Å². The molecule has 0 aliphatic heterocycles. The van der Waals surface area contributed by atoms with Gasteiger partial charge in [0.15, 0.2) is 5.65 Å². The molecular weight excluding hydrogens is 297 g/mol. The summed E-state index contributed by atoms with van der Waals surface area (Å²) in [5, 5.41) is 20.2. The smallest absolute Gasteiger partial charge is 0.163 e. The van der Waals surface area contributed by atoms with E-state index in [9.17, 15) is 4.39 Å². The lowest BCUT2D eigenvalue weighted by Gasteiger charge is -2.10. The molecule has 0 aliphatic carbocycles. The minimum atomic E-state index is -0.529. The van der Waals surface area contributed by atoms with Crippen molar-refractivity contribution in [2.45, 2.75) is 0 Å². The summed E-state index contributed by atoms with van der Waals surface area (Å²) in [6.07, 6.45) is 3.17. The lowest BCUT2D eigenvalue weighted by Crippen LogP contribution is -2.15. The summed E-state index contributed by atoms with van der Waals surface area (Å²) >= 11 is 0. The third-order valence-electron chi connectivity index (χ3n) is 3.39. The van der Waals surface area contributed by atoms with Crippen LogP contribution in [0.15, 0.2) is 30.7 Å². The highest BCUT2D eigenvalue weighted by atomic mass is 19.1. The topological polar surface area (TPSA) is 91.5 Å². The van der Waals surface area contributed by atoms with Crippen LogP contribution < -0.4 is 10.6 Å². The summed E-state index contributed by atoms with van der Waals surface area (Å²) in [4.78, 5) is 8.36. The van der Waals surface area contributed by atoms with Crippen molar-refractivity contribution in [3.63, 3.8) is 0 Å². The van der Waals surface area contributed by atoms with E-state index in [1.807, 2.05) is 13.1 Å². The molecule has 116 valence electrons. The van der Waals surface area contributed by atoms with Crippen molar-refractivity contribution in [1.82, 2.24) is 19.7 Å². The summed E-state index contributed by atoms with van der Waals surface area (Å²) in [6, 6.07) is 6.36. The molecule has 0 unspecified atom stereocenters. The fourth-order valence-corrected chi connectivity index (χ4v) is 2.27. The molecule has 3 rings (SSSR count). The van der Waals surface area contributed by atoms with Gasteiger partial charge in [0.1, 0.15) is 29.6 Å². The summed E-state index contributed by atoms with van der Waals surface area (Å²) < 4.78 is 15.2. The van der Waals surface area contributed by atoms with Gasteiger partial charge in [-0.2, -0.15) is 10.4 Å². The second-order valence-corrected chi connectivity index (χ2v) is 4.86. The Kier molecular flexibility index (Phi) is 4.01. The molecule has 2 N–H and O–H groups in total. The van der Waals surface area contributed by atoms with E-state index in [4.69, 9.17) is 5.26 Å². The number of benzene rings is 1. The maximum atomic E-state index is 13.5. The van der Waals surface area contributed by atoms with Crippen LogP contribution in [-0.2, 0) is 7.05 Å². The van der Waals surface area contributed by atoms with Crippen molar-refractivity contribution in [3.8, 4) is 6.07 Å². The Hall–Kier alpha value is -3.21. The molecule has 1 aromatic carbocycles. The van der Waals surface area contributed by atoms with Gasteiger partial charge in [-0.1, -0.05) is 6.07 Å². The van der Waals surface area contributed by atoms with Gasteiger partial charge in [-0.15, -0.1) is 0 Å². The minimum absolute atomic E-state index is 0.0178. The molecule has 2 aromatic heterocycles. The van der Waals surface area contributed by atoms with Gasteiger partial charge in [-0.3, -0.25) is 4.68 Å². The van der Waals surface area contributed by atoms with Gasteiger partial charge in [0, 0.05) is 20.1 Å². The van der Waals surface area contributed by atoms with Crippen LogP contribution in [0.25, 0.3) is 11.0 Å². The number of rotatable bonds is 5. The maximum absolute atomic E-state index is 13.5. The highest BCUT2D eigenvalue weighted by Gasteiger charge is 2.08. The number of nitrogens with zero attached hydrogens (tertiary/aromatic N) is 5. The highest BCUT2D eigenvalue weighted by Crippen LogP contribution is 2.18. The number of anilines is 2. The third kappa shape index (κ3) is 2.89. The molecule has 0 saturated heterocycles. The quantitative estimate of drug-likeness (QED) is 0.699. The van der Waals surface area contributed by atoms with Crippen LogP contribution >= 0.6 is 0 Å². The Labute approximate surface area is 131 Å². The first-order valence-corrected chi connectivity index (χ1v) is 7.00. The predicted octanol–water partition coefficient (Wildman–Crippen LogP) is 1.90. The van der Waals surface area contributed by atoms with Gasteiger partial charge < -0.3 is 10.6 Å². The summed E-state index contributed by atoms with van der Waals surface area (Å²) in [6.45, 7) is 1.05. The molecule has 0 fully saturated rings. The van der Waals surface area contributed by atoms with Crippen molar-refractivity contribution in [3.05, 3.63) is 42.1 Å². The first-order valence-electron chi connectivity index (χ1n) is 7.00. The minimum Gasteiger partial charge on any atom is -0.382 e.